The Balaban J connectivity index is 1.74. The molecule has 0 amide bonds. The van der Waals surface area contributed by atoms with Crippen molar-refractivity contribution in [1.82, 2.24) is 0 Å². The summed E-state index contributed by atoms with van der Waals surface area (Å²) in [5, 5.41) is 0. The third-order valence-corrected chi connectivity index (χ3v) is 7.40. The largest absolute Gasteiger partial charge is 0.497 e. The van der Waals surface area contributed by atoms with Crippen molar-refractivity contribution >= 4 is 15.7 Å². The van der Waals surface area contributed by atoms with Crippen LogP contribution >= 0.6 is 0 Å². The molecule has 0 N–H and O–H groups in total. The zero-order valence-electron chi connectivity index (χ0n) is 12.3. The van der Waals surface area contributed by atoms with E-state index in [0.717, 1.165) is 17.7 Å². The maximum absolute atomic E-state index is 13.1. The first-order valence-electron chi connectivity index (χ1n) is 7.31. The van der Waals surface area contributed by atoms with Crippen LogP contribution in [0.1, 0.15) is 12.0 Å². The lowest BCUT2D eigenvalue weighted by Crippen LogP contribution is -2.33. The van der Waals surface area contributed by atoms with Crippen LogP contribution < -0.4 is 9.04 Å². The lowest BCUT2D eigenvalue weighted by atomic mass is 10.1. The molecule has 1 aliphatic carbocycles. The molecule has 0 bridgehead atoms. The van der Waals surface area contributed by atoms with Gasteiger partial charge in [0.2, 0.25) is 10.0 Å². The Morgan fingerprint density at radius 3 is 2.41 bits per heavy atom. The second-order valence-corrected chi connectivity index (χ2v) is 8.01. The summed E-state index contributed by atoms with van der Waals surface area (Å²) in [6.45, 7) is 0.559. The number of hydrogen-bond donors (Lipinski definition) is 0. The van der Waals surface area contributed by atoms with Crippen molar-refractivity contribution in [2.24, 2.45) is 5.92 Å². The Bertz CT molecular complexity index is 802. The quantitative estimate of drug-likeness (QED) is 0.875. The molecule has 2 aromatic carbocycles. The summed E-state index contributed by atoms with van der Waals surface area (Å²) < 4.78 is 32.2. The molecule has 1 aliphatic heterocycles. The summed E-state index contributed by atoms with van der Waals surface area (Å²) >= 11 is 0. The number of sulfonamides is 1. The van der Waals surface area contributed by atoms with Crippen LogP contribution in [0.5, 0.6) is 5.75 Å². The van der Waals surface area contributed by atoms with E-state index in [1.54, 1.807) is 35.7 Å². The highest BCUT2D eigenvalue weighted by molar-refractivity contribution is 7.94. The maximum Gasteiger partial charge on any atom is 0.245 e. The van der Waals surface area contributed by atoms with Gasteiger partial charge < -0.3 is 4.74 Å². The fourth-order valence-electron chi connectivity index (χ4n) is 3.55. The Morgan fingerprint density at radius 2 is 1.77 bits per heavy atom. The fraction of sp³-hybridized carbons (Fsp3) is 0.294. The summed E-state index contributed by atoms with van der Waals surface area (Å²) in [4.78, 5) is 0. The van der Waals surface area contributed by atoms with E-state index in [1.807, 2.05) is 30.3 Å². The monoisotopic (exact) mass is 315 g/mol. The number of methoxy groups -OCH3 is 1. The van der Waals surface area contributed by atoms with Gasteiger partial charge in [-0.05, 0) is 36.2 Å². The minimum atomic E-state index is -3.39. The predicted octanol–water partition coefficient (Wildman–Crippen LogP) is 2.76. The Labute approximate surface area is 130 Å². The van der Waals surface area contributed by atoms with E-state index in [9.17, 15) is 8.42 Å². The second-order valence-electron chi connectivity index (χ2n) is 5.89. The van der Waals surface area contributed by atoms with E-state index in [-0.39, 0.29) is 5.92 Å². The molecule has 2 fully saturated rings. The molecule has 1 saturated heterocycles. The molecular formula is C17H17NO3S. The zero-order chi connectivity index (χ0) is 15.4. The van der Waals surface area contributed by atoms with Gasteiger partial charge in [0.15, 0.2) is 0 Å². The minimum absolute atomic E-state index is 0.182. The maximum atomic E-state index is 13.1. The molecule has 4 rings (SSSR count). The Kier molecular flexibility index (Phi) is 2.78. The van der Waals surface area contributed by atoms with Gasteiger partial charge in [-0.3, -0.25) is 4.31 Å². The molecule has 4 nitrogen and oxygen atoms in total. The highest BCUT2D eigenvalue weighted by Gasteiger charge is 2.71. The van der Waals surface area contributed by atoms with E-state index >= 15 is 0 Å². The number of benzene rings is 2. The van der Waals surface area contributed by atoms with Crippen LogP contribution in [-0.4, -0.2) is 22.1 Å². The van der Waals surface area contributed by atoms with Gasteiger partial charge in [-0.1, -0.05) is 30.3 Å². The van der Waals surface area contributed by atoms with E-state index in [1.165, 1.54) is 0 Å². The van der Waals surface area contributed by atoms with Crippen LogP contribution in [-0.2, 0) is 14.8 Å². The smallest absolute Gasteiger partial charge is 0.245 e. The lowest BCUT2D eigenvalue weighted by Gasteiger charge is -2.23. The number of ether oxygens (including phenoxy) is 1. The summed E-state index contributed by atoms with van der Waals surface area (Å²) in [5.41, 5.74) is 1.62. The molecule has 1 saturated carbocycles. The number of hydrogen-bond acceptors (Lipinski definition) is 3. The first-order chi connectivity index (χ1) is 10.6. The summed E-state index contributed by atoms with van der Waals surface area (Å²) in [6.07, 6.45) is 0.728. The molecule has 2 aromatic rings. The predicted molar refractivity (Wildman–Crippen MR) is 85.5 cm³/mol. The Hall–Kier alpha value is -2.01. The molecule has 0 radical (unpaired) electrons. The molecular weight excluding hydrogens is 298 g/mol. The highest BCUT2D eigenvalue weighted by atomic mass is 32.2. The second kappa shape index (κ2) is 4.49. The average molecular weight is 315 g/mol. The van der Waals surface area contributed by atoms with Gasteiger partial charge in [-0.25, -0.2) is 8.42 Å². The van der Waals surface area contributed by atoms with Crippen LogP contribution in [0.3, 0.4) is 0 Å². The highest BCUT2D eigenvalue weighted by Crippen LogP contribution is 2.64. The van der Waals surface area contributed by atoms with Gasteiger partial charge in [0.05, 0.1) is 12.8 Å². The molecule has 5 heteroatoms. The summed E-state index contributed by atoms with van der Waals surface area (Å²) in [7, 11) is -1.79. The zero-order valence-corrected chi connectivity index (χ0v) is 13.1. The van der Waals surface area contributed by atoms with Crippen LogP contribution in [0.2, 0.25) is 0 Å². The molecule has 114 valence electrons. The SMILES string of the molecule is COc1ccc(N2CC3CC3(c3ccccc3)S2(=O)=O)cc1. The van der Waals surface area contributed by atoms with Crippen LogP contribution in [0.25, 0.3) is 0 Å². The number of fused-ring (bicyclic) bond motifs is 1. The van der Waals surface area contributed by atoms with E-state index in [2.05, 4.69) is 0 Å². The lowest BCUT2D eigenvalue weighted by molar-refractivity contribution is 0.415. The molecule has 2 unspecified atom stereocenters. The van der Waals surface area contributed by atoms with Crippen LogP contribution in [0.15, 0.2) is 54.6 Å². The minimum Gasteiger partial charge on any atom is -0.497 e. The average Bonchev–Trinajstić information content (AvgIpc) is 3.24. The van der Waals surface area contributed by atoms with Gasteiger partial charge in [-0.2, -0.15) is 0 Å². The normalized spacial score (nSPS) is 28.2. The molecule has 22 heavy (non-hydrogen) atoms. The Morgan fingerprint density at radius 1 is 1.09 bits per heavy atom. The van der Waals surface area contributed by atoms with Gasteiger partial charge >= 0.3 is 0 Å². The van der Waals surface area contributed by atoms with Crippen molar-refractivity contribution in [3.63, 3.8) is 0 Å². The molecule has 1 heterocycles. The van der Waals surface area contributed by atoms with E-state index in [0.29, 0.717) is 12.2 Å². The van der Waals surface area contributed by atoms with Crippen molar-refractivity contribution in [3.05, 3.63) is 60.2 Å². The van der Waals surface area contributed by atoms with Gasteiger partial charge in [0, 0.05) is 12.5 Å². The summed E-state index contributed by atoms with van der Waals surface area (Å²) in [5.74, 6) is 0.908. The topological polar surface area (TPSA) is 46.6 Å². The van der Waals surface area contributed by atoms with Crippen molar-refractivity contribution in [2.75, 3.05) is 18.0 Å². The van der Waals surface area contributed by atoms with Crippen molar-refractivity contribution in [2.45, 2.75) is 11.2 Å². The van der Waals surface area contributed by atoms with Crippen molar-refractivity contribution < 1.29 is 13.2 Å². The van der Waals surface area contributed by atoms with Gasteiger partial charge in [0.25, 0.3) is 0 Å². The fourth-order valence-corrected chi connectivity index (χ4v) is 6.06. The number of anilines is 1. The molecule has 0 spiro atoms. The van der Waals surface area contributed by atoms with Crippen molar-refractivity contribution in [3.8, 4) is 5.75 Å². The third-order valence-electron chi connectivity index (χ3n) is 4.81. The van der Waals surface area contributed by atoms with Crippen LogP contribution in [0, 0.1) is 5.92 Å². The first-order valence-corrected chi connectivity index (χ1v) is 8.75. The van der Waals surface area contributed by atoms with Crippen LogP contribution in [0.4, 0.5) is 5.69 Å². The molecule has 0 aromatic heterocycles. The summed E-state index contributed by atoms with van der Waals surface area (Å²) in [6, 6.07) is 16.8. The van der Waals surface area contributed by atoms with Gasteiger partial charge in [0.1, 0.15) is 10.5 Å². The molecule has 2 atom stereocenters. The number of rotatable bonds is 3. The van der Waals surface area contributed by atoms with Crippen molar-refractivity contribution in [1.29, 1.82) is 0 Å². The first kappa shape index (κ1) is 13.6. The van der Waals surface area contributed by atoms with E-state index < -0.39 is 14.8 Å². The van der Waals surface area contributed by atoms with Gasteiger partial charge in [-0.15, -0.1) is 0 Å². The van der Waals surface area contributed by atoms with E-state index in [4.69, 9.17) is 4.74 Å². The molecule has 2 aliphatic rings. The third kappa shape index (κ3) is 1.66. The number of nitrogens with zero attached hydrogens (tertiary/aromatic N) is 1. The standard InChI is InChI=1S/C17H17NO3S/c1-21-16-9-7-15(8-10-16)18-12-14-11-17(14,22(18,19)20)13-5-3-2-4-6-13/h2-10,14H,11-12H2,1H3.